The van der Waals surface area contributed by atoms with Gasteiger partial charge >= 0.3 is 0 Å². The van der Waals surface area contributed by atoms with E-state index in [9.17, 15) is 4.79 Å². The number of anilines is 1. The van der Waals surface area contributed by atoms with Crippen LogP contribution in [0.4, 0.5) is 5.82 Å². The van der Waals surface area contributed by atoms with Crippen LogP contribution in [-0.2, 0) is 17.8 Å². The number of aromatic nitrogens is 2. The summed E-state index contributed by atoms with van der Waals surface area (Å²) in [4.78, 5) is 25.3. The SMILES string of the molecule is CCC(=O)N[C@@H]1CCCN(c2ncnc3c2CN(C)CC3)C1. The Morgan fingerprint density at radius 3 is 3.09 bits per heavy atom. The summed E-state index contributed by atoms with van der Waals surface area (Å²) in [5.74, 6) is 1.20. The zero-order valence-electron chi connectivity index (χ0n) is 13.5. The number of carbonyl (C=O) groups excluding carboxylic acids is 1. The molecule has 0 unspecified atom stereocenters. The van der Waals surface area contributed by atoms with Crippen LogP contribution in [0.25, 0.3) is 0 Å². The molecule has 1 N–H and O–H groups in total. The second kappa shape index (κ2) is 6.60. The van der Waals surface area contributed by atoms with E-state index in [1.165, 1.54) is 11.3 Å². The highest BCUT2D eigenvalue weighted by atomic mass is 16.1. The number of carbonyl (C=O) groups is 1. The van der Waals surface area contributed by atoms with E-state index in [-0.39, 0.29) is 11.9 Å². The Bertz CT molecular complexity index is 547. The van der Waals surface area contributed by atoms with Gasteiger partial charge in [-0.15, -0.1) is 0 Å². The largest absolute Gasteiger partial charge is 0.354 e. The second-order valence-electron chi connectivity index (χ2n) is 6.32. The molecule has 1 aromatic rings. The van der Waals surface area contributed by atoms with E-state index in [1.807, 2.05) is 6.92 Å². The Kier molecular flexibility index (Phi) is 4.57. The number of nitrogens with zero attached hydrogens (tertiary/aromatic N) is 4. The first-order valence-corrected chi connectivity index (χ1v) is 8.23. The van der Waals surface area contributed by atoms with Crippen molar-refractivity contribution in [3.05, 3.63) is 17.6 Å². The molecule has 0 aromatic carbocycles. The van der Waals surface area contributed by atoms with E-state index >= 15 is 0 Å². The van der Waals surface area contributed by atoms with E-state index in [2.05, 4.69) is 32.1 Å². The highest BCUT2D eigenvalue weighted by Crippen LogP contribution is 2.27. The van der Waals surface area contributed by atoms with E-state index in [0.29, 0.717) is 6.42 Å². The topological polar surface area (TPSA) is 61.4 Å². The Morgan fingerprint density at radius 2 is 2.27 bits per heavy atom. The first-order valence-electron chi connectivity index (χ1n) is 8.23. The number of hydrogen-bond acceptors (Lipinski definition) is 5. The highest BCUT2D eigenvalue weighted by Gasteiger charge is 2.26. The van der Waals surface area contributed by atoms with Crippen LogP contribution in [0.3, 0.4) is 0 Å². The van der Waals surface area contributed by atoms with Crippen LogP contribution in [0, 0.1) is 0 Å². The van der Waals surface area contributed by atoms with Crippen LogP contribution in [0.15, 0.2) is 6.33 Å². The third-order valence-corrected chi connectivity index (χ3v) is 4.58. The van der Waals surface area contributed by atoms with Crippen LogP contribution < -0.4 is 10.2 Å². The number of hydrogen-bond donors (Lipinski definition) is 1. The molecular formula is C16H25N5O. The van der Waals surface area contributed by atoms with E-state index in [0.717, 1.165) is 51.3 Å². The molecule has 1 fully saturated rings. The molecule has 22 heavy (non-hydrogen) atoms. The fourth-order valence-electron chi connectivity index (χ4n) is 3.35. The van der Waals surface area contributed by atoms with Crippen LogP contribution in [-0.4, -0.2) is 53.5 Å². The molecular weight excluding hydrogens is 278 g/mol. The zero-order chi connectivity index (χ0) is 15.5. The van der Waals surface area contributed by atoms with Gasteiger partial charge in [-0.2, -0.15) is 0 Å². The molecule has 0 saturated carbocycles. The van der Waals surface area contributed by atoms with Gasteiger partial charge in [0.15, 0.2) is 0 Å². The van der Waals surface area contributed by atoms with Crippen molar-refractivity contribution in [2.75, 3.05) is 31.6 Å². The van der Waals surface area contributed by atoms with E-state index in [1.54, 1.807) is 6.33 Å². The van der Waals surface area contributed by atoms with Crippen molar-refractivity contribution < 1.29 is 4.79 Å². The number of piperidine rings is 1. The average Bonchev–Trinajstić information content (AvgIpc) is 2.54. The molecule has 3 heterocycles. The van der Waals surface area contributed by atoms with E-state index < -0.39 is 0 Å². The maximum Gasteiger partial charge on any atom is 0.219 e. The quantitative estimate of drug-likeness (QED) is 0.901. The van der Waals surface area contributed by atoms with Crippen molar-refractivity contribution in [1.29, 1.82) is 0 Å². The molecule has 0 bridgehead atoms. The third kappa shape index (κ3) is 3.21. The summed E-state index contributed by atoms with van der Waals surface area (Å²) in [6.45, 7) is 5.71. The molecule has 0 spiro atoms. The number of nitrogens with one attached hydrogen (secondary N) is 1. The zero-order valence-corrected chi connectivity index (χ0v) is 13.5. The van der Waals surface area contributed by atoms with Crippen molar-refractivity contribution in [3.8, 4) is 0 Å². The predicted octanol–water partition coefficient (Wildman–Crippen LogP) is 0.959. The summed E-state index contributed by atoms with van der Waals surface area (Å²) < 4.78 is 0. The monoisotopic (exact) mass is 303 g/mol. The number of rotatable bonds is 3. The normalized spacial score (nSPS) is 22.3. The Labute approximate surface area is 131 Å². The standard InChI is InChI=1S/C16H25N5O/c1-3-15(22)19-12-5-4-7-21(9-12)16-13-10-20(2)8-6-14(13)17-11-18-16/h11-12H,3-10H2,1-2H3,(H,19,22)/t12-/m1/s1. The Balaban J connectivity index is 1.77. The molecule has 1 saturated heterocycles. The molecule has 2 aliphatic heterocycles. The van der Waals surface area contributed by atoms with Crippen LogP contribution in [0.2, 0.25) is 0 Å². The fraction of sp³-hybridized carbons (Fsp3) is 0.688. The van der Waals surface area contributed by atoms with Gasteiger partial charge < -0.3 is 15.1 Å². The van der Waals surface area contributed by atoms with Gasteiger partial charge in [-0.3, -0.25) is 4.79 Å². The summed E-state index contributed by atoms with van der Waals surface area (Å²) >= 11 is 0. The molecule has 0 radical (unpaired) electrons. The lowest BCUT2D eigenvalue weighted by molar-refractivity contribution is -0.121. The first-order chi connectivity index (χ1) is 10.7. The molecule has 0 aliphatic carbocycles. The fourth-order valence-corrected chi connectivity index (χ4v) is 3.35. The predicted molar refractivity (Wildman–Crippen MR) is 85.7 cm³/mol. The second-order valence-corrected chi connectivity index (χ2v) is 6.32. The van der Waals surface area contributed by atoms with Crippen LogP contribution in [0.5, 0.6) is 0 Å². The Hall–Kier alpha value is -1.69. The third-order valence-electron chi connectivity index (χ3n) is 4.58. The van der Waals surface area contributed by atoms with Gasteiger partial charge in [0.25, 0.3) is 0 Å². The van der Waals surface area contributed by atoms with Crippen molar-refractivity contribution in [1.82, 2.24) is 20.2 Å². The molecule has 1 aromatic heterocycles. The maximum absolute atomic E-state index is 11.6. The molecule has 120 valence electrons. The Morgan fingerprint density at radius 1 is 1.41 bits per heavy atom. The van der Waals surface area contributed by atoms with Gasteiger partial charge in [0.1, 0.15) is 12.1 Å². The molecule has 1 atom stereocenters. The minimum atomic E-state index is 0.135. The summed E-state index contributed by atoms with van der Waals surface area (Å²) in [5.41, 5.74) is 2.45. The molecule has 2 aliphatic rings. The first kappa shape index (κ1) is 15.2. The van der Waals surface area contributed by atoms with Gasteiger partial charge in [-0.25, -0.2) is 9.97 Å². The average molecular weight is 303 g/mol. The van der Waals surface area contributed by atoms with Gasteiger partial charge in [-0.05, 0) is 19.9 Å². The maximum atomic E-state index is 11.6. The summed E-state index contributed by atoms with van der Waals surface area (Å²) in [6.07, 6.45) is 5.36. The number of amides is 1. The number of likely N-dealkylation sites (N-methyl/N-ethyl adjacent to an activating group) is 1. The van der Waals surface area contributed by atoms with Crippen molar-refractivity contribution in [2.45, 2.75) is 45.2 Å². The van der Waals surface area contributed by atoms with Gasteiger partial charge in [-0.1, -0.05) is 6.92 Å². The minimum absolute atomic E-state index is 0.135. The number of fused-ring (bicyclic) bond motifs is 1. The lowest BCUT2D eigenvalue weighted by Crippen LogP contribution is -2.48. The highest BCUT2D eigenvalue weighted by molar-refractivity contribution is 5.76. The van der Waals surface area contributed by atoms with E-state index in [4.69, 9.17) is 0 Å². The lowest BCUT2D eigenvalue weighted by Gasteiger charge is -2.36. The van der Waals surface area contributed by atoms with Crippen molar-refractivity contribution >= 4 is 11.7 Å². The summed E-state index contributed by atoms with van der Waals surface area (Å²) in [6, 6.07) is 0.230. The smallest absolute Gasteiger partial charge is 0.219 e. The minimum Gasteiger partial charge on any atom is -0.354 e. The molecule has 6 nitrogen and oxygen atoms in total. The van der Waals surface area contributed by atoms with Gasteiger partial charge in [0.2, 0.25) is 5.91 Å². The van der Waals surface area contributed by atoms with Crippen molar-refractivity contribution in [3.63, 3.8) is 0 Å². The lowest BCUT2D eigenvalue weighted by atomic mass is 10.0. The van der Waals surface area contributed by atoms with Crippen LogP contribution in [0.1, 0.15) is 37.4 Å². The molecule has 1 amide bonds. The molecule has 3 rings (SSSR count). The molecule has 6 heteroatoms. The summed E-state index contributed by atoms with van der Waals surface area (Å²) in [5, 5.41) is 3.12. The van der Waals surface area contributed by atoms with Crippen molar-refractivity contribution in [2.24, 2.45) is 0 Å². The van der Waals surface area contributed by atoms with Gasteiger partial charge in [0.05, 0.1) is 5.69 Å². The van der Waals surface area contributed by atoms with Gasteiger partial charge in [0, 0.05) is 50.6 Å². The van der Waals surface area contributed by atoms with Crippen LogP contribution >= 0.6 is 0 Å². The summed E-state index contributed by atoms with van der Waals surface area (Å²) in [7, 11) is 2.14.